The number of carbonyl (C=O) groups is 3. The van der Waals surface area contributed by atoms with Crippen molar-refractivity contribution in [3.05, 3.63) is 23.8 Å². The molecule has 0 radical (unpaired) electrons. The smallest absolute Gasteiger partial charge is 0.305 e. The first-order valence-corrected chi connectivity index (χ1v) is 7.32. The quantitative estimate of drug-likeness (QED) is 0.765. The summed E-state index contributed by atoms with van der Waals surface area (Å²) in [6, 6.07) is 4.68. The molecule has 1 heterocycles. The number of aliphatic carboxylic acids is 1. The molecule has 1 aromatic rings. The summed E-state index contributed by atoms with van der Waals surface area (Å²) in [7, 11) is 0. The Labute approximate surface area is 134 Å². The van der Waals surface area contributed by atoms with Crippen LogP contribution in [0.2, 0.25) is 0 Å². The molecule has 1 aromatic carbocycles. The van der Waals surface area contributed by atoms with Crippen LogP contribution in [0.5, 0.6) is 5.75 Å². The third-order valence-electron chi connectivity index (χ3n) is 4.07. The number of ether oxygens (including phenoxy) is 1. The highest BCUT2D eigenvalue weighted by Crippen LogP contribution is 2.29. The second-order valence-electron chi connectivity index (χ2n) is 6.14. The molecule has 0 aromatic heterocycles. The third-order valence-corrected chi connectivity index (χ3v) is 4.07. The Balaban J connectivity index is 2.20. The zero-order valence-corrected chi connectivity index (χ0v) is 13.3. The Kier molecular flexibility index (Phi) is 4.58. The molecule has 0 saturated carbocycles. The van der Waals surface area contributed by atoms with E-state index in [1.54, 1.807) is 19.1 Å². The summed E-state index contributed by atoms with van der Waals surface area (Å²) in [4.78, 5) is 34.7. The Hall–Kier alpha value is -2.57. The molecule has 1 aliphatic heterocycles. The zero-order valence-electron chi connectivity index (χ0n) is 13.3. The fourth-order valence-electron chi connectivity index (χ4n) is 2.25. The van der Waals surface area contributed by atoms with Crippen LogP contribution >= 0.6 is 0 Å². The predicted octanol–water partition coefficient (Wildman–Crippen LogP) is 1.64. The molecule has 2 amide bonds. The number of nitrogens with one attached hydrogen (secondary N) is 2. The summed E-state index contributed by atoms with van der Waals surface area (Å²) in [5.41, 5.74) is -0.0134. The van der Waals surface area contributed by atoms with E-state index in [-0.39, 0.29) is 30.8 Å². The maximum atomic E-state index is 12.4. The molecule has 2 rings (SSSR count). The van der Waals surface area contributed by atoms with Crippen LogP contribution in [0.25, 0.3) is 0 Å². The minimum atomic E-state index is -0.974. The molecule has 1 unspecified atom stereocenters. The van der Waals surface area contributed by atoms with E-state index >= 15 is 0 Å². The number of anilines is 1. The molecule has 0 bridgehead atoms. The Morgan fingerprint density at radius 1 is 1.43 bits per heavy atom. The summed E-state index contributed by atoms with van der Waals surface area (Å²) in [6.07, 6.45) is -0.173. The molecule has 124 valence electrons. The monoisotopic (exact) mass is 320 g/mol. The summed E-state index contributed by atoms with van der Waals surface area (Å²) in [5, 5.41) is 14.5. The summed E-state index contributed by atoms with van der Waals surface area (Å²) >= 11 is 0. The van der Waals surface area contributed by atoms with Crippen LogP contribution < -0.4 is 15.4 Å². The first kappa shape index (κ1) is 16.8. The minimum absolute atomic E-state index is 0.0595. The van der Waals surface area contributed by atoms with Crippen LogP contribution in [0.1, 0.15) is 37.6 Å². The number of fused-ring (bicyclic) bond motifs is 1. The fraction of sp³-hybridized carbons (Fsp3) is 0.438. The van der Waals surface area contributed by atoms with Gasteiger partial charge in [0.2, 0.25) is 0 Å². The van der Waals surface area contributed by atoms with Gasteiger partial charge in [-0.2, -0.15) is 0 Å². The van der Waals surface area contributed by atoms with Crippen molar-refractivity contribution < 1.29 is 24.2 Å². The van der Waals surface area contributed by atoms with Crippen molar-refractivity contribution in [2.75, 3.05) is 11.9 Å². The average Bonchev–Trinajstić information content (AvgIpc) is 2.45. The van der Waals surface area contributed by atoms with Crippen LogP contribution in [0, 0.1) is 5.92 Å². The van der Waals surface area contributed by atoms with Gasteiger partial charge in [-0.3, -0.25) is 14.4 Å². The molecule has 23 heavy (non-hydrogen) atoms. The van der Waals surface area contributed by atoms with Gasteiger partial charge in [0.1, 0.15) is 5.75 Å². The Morgan fingerprint density at radius 3 is 2.74 bits per heavy atom. The van der Waals surface area contributed by atoms with Crippen LogP contribution in [0.3, 0.4) is 0 Å². The molecule has 1 aliphatic rings. The van der Waals surface area contributed by atoms with E-state index in [0.717, 1.165) is 0 Å². The molecular formula is C16H20N2O5. The van der Waals surface area contributed by atoms with E-state index in [0.29, 0.717) is 17.0 Å². The summed E-state index contributed by atoms with van der Waals surface area (Å²) < 4.78 is 5.28. The molecule has 7 nitrogen and oxygen atoms in total. The first-order valence-electron chi connectivity index (χ1n) is 7.32. The number of rotatable bonds is 5. The Bertz CT molecular complexity index is 656. The lowest BCUT2D eigenvalue weighted by Crippen LogP contribution is -2.51. The van der Waals surface area contributed by atoms with E-state index in [9.17, 15) is 14.4 Å². The number of hydrogen-bond donors (Lipinski definition) is 3. The molecule has 0 saturated heterocycles. The maximum Gasteiger partial charge on any atom is 0.305 e. The van der Waals surface area contributed by atoms with Gasteiger partial charge in [0.25, 0.3) is 11.8 Å². The van der Waals surface area contributed by atoms with E-state index in [2.05, 4.69) is 10.6 Å². The van der Waals surface area contributed by atoms with Crippen LogP contribution in [-0.2, 0) is 9.59 Å². The maximum absolute atomic E-state index is 12.4. The van der Waals surface area contributed by atoms with Crippen molar-refractivity contribution in [2.45, 2.75) is 32.7 Å². The lowest BCUT2D eigenvalue weighted by Gasteiger charge is -2.33. The highest BCUT2D eigenvalue weighted by Gasteiger charge is 2.33. The van der Waals surface area contributed by atoms with E-state index in [4.69, 9.17) is 9.84 Å². The largest absolute Gasteiger partial charge is 0.482 e. The molecule has 3 N–H and O–H groups in total. The van der Waals surface area contributed by atoms with E-state index < -0.39 is 11.5 Å². The SMILES string of the molecule is CC(C)C(C)(CC(=O)O)NC(=O)c1ccc2c(c1)OCC(=O)N2. The second kappa shape index (κ2) is 6.28. The van der Waals surface area contributed by atoms with Gasteiger partial charge in [0.05, 0.1) is 17.6 Å². The van der Waals surface area contributed by atoms with Crippen molar-refractivity contribution in [3.8, 4) is 5.75 Å². The van der Waals surface area contributed by atoms with Gasteiger partial charge in [-0.25, -0.2) is 0 Å². The standard InChI is InChI=1S/C16H20N2O5/c1-9(2)16(3,7-14(20)21)18-15(22)10-4-5-11-12(6-10)23-8-13(19)17-11/h4-6,9H,7-8H2,1-3H3,(H,17,19)(H,18,22)(H,20,21). The highest BCUT2D eigenvalue weighted by atomic mass is 16.5. The van der Waals surface area contributed by atoms with Gasteiger partial charge < -0.3 is 20.5 Å². The van der Waals surface area contributed by atoms with E-state index in [1.807, 2.05) is 13.8 Å². The number of carboxylic acids is 1. The number of hydrogen-bond acceptors (Lipinski definition) is 4. The summed E-state index contributed by atoms with van der Waals surface area (Å²) in [6.45, 7) is 5.32. The first-order chi connectivity index (χ1) is 10.7. The van der Waals surface area contributed by atoms with Gasteiger partial charge in [-0.15, -0.1) is 0 Å². The Morgan fingerprint density at radius 2 is 2.13 bits per heavy atom. The van der Waals surface area contributed by atoms with Gasteiger partial charge in [-0.1, -0.05) is 13.8 Å². The van der Waals surface area contributed by atoms with Crippen LogP contribution in [0.4, 0.5) is 5.69 Å². The van der Waals surface area contributed by atoms with Gasteiger partial charge >= 0.3 is 5.97 Å². The summed E-state index contributed by atoms with van der Waals surface area (Å²) in [5.74, 6) is -1.25. The van der Waals surface area contributed by atoms with E-state index in [1.165, 1.54) is 6.07 Å². The molecular weight excluding hydrogens is 300 g/mol. The third kappa shape index (κ3) is 3.80. The number of amides is 2. The predicted molar refractivity (Wildman–Crippen MR) is 83.5 cm³/mol. The molecule has 0 spiro atoms. The van der Waals surface area contributed by atoms with Crippen molar-refractivity contribution >= 4 is 23.5 Å². The molecule has 0 fully saturated rings. The van der Waals surface area contributed by atoms with Gasteiger partial charge in [-0.05, 0) is 31.0 Å². The van der Waals surface area contributed by atoms with Gasteiger partial charge in [0.15, 0.2) is 6.61 Å². The van der Waals surface area contributed by atoms with Gasteiger partial charge in [0, 0.05) is 5.56 Å². The lowest BCUT2D eigenvalue weighted by molar-refractivity contribution is -0.139. The van der Waals surface area contributed by atoms with Crippen molar-refractivity contribution in [1.82, 2.24) is 5.32 Å². The minimum Gasteiger partial charge on any atom is -0.482 e. The molecule has 1 atom stereocenters. The van der Waals surface area contributed by atoms with Crippen molar-refractivity contribution in [3.63, 3.8) is 0 Å². The fourth-order valence-corrected chi connectivity index (χ4v) is 2.25. The highest BCUT2D eigenvalue weighted by molar-refractivity contribution is 5.99. The molecule has 0 aliphatic carbocycles. The van der Waals surface area contributed by atoms with Crippen molar-refractivity contribution in [2.24, 2.45) is 5.92 Å². The zero-order chi connectivity index (χ0) is 17.2. The van der Waals surface area contributed by atoms with Crippen molar-refractivity contribution in [1.29, 1.82) is 0 Å². The number of carboxylic acid groups (broad SMARTS) is 1. The van der Waals surface area contributed by atoms with Crippen LogP contribution in [0.15, 0.2) is 18.2 Å². The topological polar surface area (TPSA) is 105 Å². The average molecular weight is 320 g/mol. The lowest BCUT2D eigenvalue weighted by atomic mass is 9.85. The number of benzene rings is 1. The van der Waals surface area contributed by atoms with Crippen LogP contribution in [-0.4, -0.2) is 35.0 Å². The number of carbonyl (C=O) groups excluding carboxylic acids is 2. The molecule has 7 heteroatoms. The normalized spacial score (nSPS) is 15.9. The second-order valence-corrected chi connectivity index (χ2v) is 6.14.